The van der Waals surface area contributed by atoms with Crippen molar-refractivity contribution in [2.24, 2.45) is 0 Å². The highest BCUT2D eigenvalue weighted by Gasteiger charge is 2.13. The van der Waals surface area contributed by atoms with Crippen LogP contribution in [-0.2, 0) is 25.5 Å². The Labute approximate surface area is 174 Å². The zero-order valence-electron chi connectivity index (χ0n) is 16.5. The average molecular weight is 419 g/mol. The summed E-state index contributed by atoms with van der Waals surface area (Å²) in [4.78, 5) is 35.8. The van der Waals surface area contributed by atoms with E-state index in [2.05, 4.69) is 10.6 Å². The number of aryl methyl sites for hydroxylation is 1. The molecule has 0 bridgehead atoms. The number of carbonyl (C=O) groups is 3. The van der Waals surface area contributed by atoms with E-state index < -0.39 is 18.5 Å². The number of benzene rings is 2. The molecule has 0 spiro atoms. The van der Waals surface area contributed by atoms with Crippen LogP contribution in [0.3, 0.4) is 0 Å². The molecule has 2 aromatic carbocycles. The van der Waals surface area contributed by atoms with E-state index in [0.29, 0.717) is 22.0 Å². The third-order valence-electron chi connectivity index (χ3n) is 4.27. The fourth-order valence-electron chi connectivity index (χ4n) is 2.55. The Morgan fingerprint density at radius 2 is 1.83 bits per heavy atom. The van der Waals surface area contributed by atoms with Crippen molar-refractivity contribution in [1.29, 1.82) is 0 Å². The van der Waals surface area contributed by atoms with Gasteiger partial charge in [0.25, 0.3) is 5.91 Å². The summed E-state index contributed by atoms with van der Waals surface area (Å²) in [6.07, 6.45) is -0.0931. The maximum Gasteiger partial charge on any atom is 0.310 e. The van der Waals surface area contributed by atoms with E-state index in [-0.39, 0.29) is 18.9 Å². The number of hydrogen-bond donors (Lipinski definition) is 2. The maximum atomic E-state index is 12.0. The van der Waals surface area contributed by atoms with Crippen LogP contribution in [0.25, 0.3) is 0 Å². The second-order valence-corrected chi connectivity index (χ2v) is 6.80. The van der Waals surface area contributed by atoms with Gasteiger partial charge in [-0.3, -0.25) is 14.4 Å². The average Bonchev–Trinajstić information content (AvgIpc) is 2.68. The molecule has 7 nitrogen and oxygen atoms in total. The third kappa shape index (κ3) is 6.80. The molecule has 0 saturated heterocycles. The molecule has 29 heavy (non-hydrogen) atoms. The van der Waals surface area contributed by atoms with Crippen molar-refractivity contribution in [2.45, 2.75) is 20.3 Å². The number of anilines is 1. The van der Waals surface area contributed by atoms with E-state index in [1.165, 1.54) is 7.11 Å². The van der Waals surface area contributed by atoms with Crippen LogP contribution in [0.2, 0.25) is 5.02 Å². The minimum atomic E-state index is -0.611. The lowest BCUT2D eigenvalue weighted by atomic mass is 10.1. The molecule has 2 rings (SSSR count). The van der Waals surface area contributed by atoms with Crippen LogP contribution >= 0.6 is 11.6 Å². The summed E-state index contributed by atoms with van der Waals surface area (Å²) < 4.78 is 10.1. The van der Waals surface area contributed by atoms with Crippen molar-refractivity contribution in [2.75, 3.05) is 25.6 Å². The summed E-state index contributed by atoms with van der Waals surface area (Å²) in [5, 5.41) is 5.61. The van der Waals surface area contributed by atoms with Crippen LogP contribution in [0.4, 0.5) is 5.69 Å². The molecule has 2 N–H and O–H groups in total. The first-order chi connectivity index (χ1) is 13.8. The highest BCUT2D eigenvalue weighted by Crippen LogP contribution is 2.23. The van der Waals surface area contributed by atoms with E-state index in [4.69, 9.17) is 21.1 Å². The van der Waals surface area contributed by atoms with E-state index in [1.807, 2.05) is 26.0 Å². The van der Waals surface area contributed by atoms with Gasteiger partial charge >= 0.3 is 5.97 Å². The van der Waals surface area contributed by atoms with Crippen LogP contribution < -0.4 is 15.4 Å². The van der Waals surface area contributed by atoms with Crippen LogP contribution in [0.1, 0.15) is 16.7 Å². The Morgan fingerprint density at radius 3 is 2.55 bits per heavy atom. The number of nitrogens with one attached hydrogen (secondary N) is 2. The van der Waals surface area contributed by atoms with Crippen molar-refractivity contribution in [3.63, 3.8) is 0 Å². The molecule has 0 aliphatic heterocycles. The van der Waals surface area contributed by atoms with Crippen molar-refractivity contribution in [1.82, 2.24) is 5.32 Å². The maximum absolute atomic E-state index is 12.0. The zero-order chi connectivity index (χ0) is 21.4. The number of esters is 1. The number of methoxy groups -OCH3 is 1. The molecule has 154 valence electrons. The predicted molar refractivity (Wildman–Crippen MR) is 110 cm³/mol. The molecule has 0 fully saturated rings. The van der Waals surface area contributed by atoms with Gasteiger partial charge in [-0.1, -0.05) is 23.7 Å². The predicted octanol–water partition coefficient (Wildman–Crippen LogP) is 2.81. The Balaban J connectivity index is 1.76. The smallest absolute Gasteiger partial charge is 0.310 e. The second kappa shape index (κ2) is 10.5. The summed E-state index contributed by atoms with van der Waals surface area (Å²) in [5.74, 6) is -1.06. The van der Waals surface area contributed by atoms with Crippen molar-refractivity contribution in [3.8, 4) is 5.75 Å². The Morgan fingerprint density at radius 1 is 1.07 bits per heavy atom. The van der Waals surface area contributed by atoms with E-state index in [9.17, 15) is 14.4 Å². The van der Waals surface area contributed by atoms with Gasteiger partial charge in [0, 0.05) is 16.3 Å². The topological polar surface area (TPSA) is 93.7 Å². The van der Waals surface area contributed by atoms with Gasteiger partial charge in [0.2, 0.25) is 5.91 Å². The Hall–Kier alpha value is -3.06. The Kier molecular flexibility index (Phi) is 8.03. The van der Waals surface area contributed by atoms with Gasteiger partial charge in [0.05, 0.1) is 20.1 Å². The standard InChI is InChI=1S/C21H23ClN2O5/c1-13-5-4-6-17(14(13)2)24-19(25)11-23-20(26)12-29-21(27)10-15-9-16(22)7-8-18(15)28-3/h4-9H,10-12H2,1-3H3,(H,23,26)(H,24,25). The molecular weight excluding hydrogens is 396 g/mol. The molecule has 8 heteroatoms. The molecule has 0 aromatic heterocycles. The third-order valence-corrected chi connectivity index (χ3v) is 4.50. The number of carbonyl (C=O) groups excluding carboxylic acids is 3. The minimum absolute atomic E-state index is 0.0931. The monoisotopic (exact) mass is 418 g/mol. The van der Waals surface area contributed by atoms with Gasteiger partial charge in [0.15, 0.2) is 6.61 Å². The number of halogens is 1. The normalized spacial score (nSPS) is 10.2. The first-order valence-corrected chi connectivity index (χ1v) is 9.28. The van der Waals surface area contributed by atoms with Crippen LogP contribution in [-0.4, -0.2) is 38.0 Å². The molecule has 0 aliphatic rings. The molecule has 2 aromatic rings. The summed E-state index contributed by atoms with van der Waals surface area (Å²) in [6, 6.07) is 10.5. The summed E-state index contributed by atoms with van der Waals surface area (Å²) >= 11 is 5.92. The highest BCUT2D eigenvalue weighted by molar-refractivity contribution is 6.30. The van der Waals surface area contributed by atoms with Crippen LogP contribution in [0, 0.1) is 13.8 Å². The molecule has 0 unspecified atom stereocenters. The number of hydrogen-bond acceptors (Lipinski definition) is 5. The molecular formula is C21H23ClN2O5. The molecule has 0 atom stereocenters. The molecule has 2 amide bonds. The lowest BCUT2D eigenvalue weighted by molar-refractivity contribution is -0.147. The van der Waals surface area contributed by atoms with E-state index in [0.717, 1.165) is 11.1 Å². The van der Waals surface area contributed by atoms with Gasteiger partial charge in [-0.05, 0) is 49.2 Å². The molecule has 0 heterocycles. The Bertz CT molecular complexity index is 914. The lowest BCUT2D eigenvalue weighted by Gasteiger charge is -2.11. The van der Waals surface area contributed by atoms with Crippen LogP contribution in [0.15, 0.2) is 36.4 Å². The van der Waals surface area contributed by atoms with Gasteiger partial charge in [0.1, 0.15) is 5.75 Å². The van der Waals surface area contributed by atoms with Gasteiger partial charge < -0.3 is 20.1 Å². The van der Waals surface area contributed by atoms with Crippen molar-refractivity contribution < 1.29 is 23.9 Å². The van der Waals surface area contributed by atoms with Gasteiger partial charge in [-0.25, -0.2) is 0 Å². The summed E-state index contributed by atoms with van der Waals surface area (Å²) in [5.41, 5.74) is 3.25. The zero-order valence-corrected chi connectivity index (χ0v) is 17.3. The van der Waals surface area contributed by atoms with E-state index in [1.54, 1.807) is 24.3 Å². The molecule has 0 radical (unpaired) electrons. The van der Waals surface area contributed by atoms with Crippen LogP contribution in [0.5, 0.6) is 5.75 Å². The first-order valence-electron chi connectivity index (χ1n) is 8.91. The number of rotatable bonds is 8. The molecule has 0 aliphatic carbocycles. The highest BCUT2D eigenvalue weighted by atomic mass is 35.5. The van der Waals surface area contributed by atoms with Crippen molar-refractivity contribution in [3.05, 3.63) is 58.1 Å². The lowest BCUT2D eigenvalue weighted by Crippen LogP contribution is -2.35. The first kappa shape index (κ1) is 22.2. The fourth-order valence-corrected chi connectivity index (χ4v) is 2.74. The minimum Gasteiger partial charge on any atom is -0.496 e. The molecule has 0 saturated carbocycles. The quantitative estimate of drug-likeness (QED) is 0.643. The number of amides is 2. The summed E-state index contributed by atoms with van der Waals surface area (Å²) in [6.45, 7) is 3.13. The van der Waals surface area contributed by atoms with E-state index >= 15 is 0 Å². The SMILES string of the molecule is COc1ccc(Cl)cc1CC(=O)OCC(=O)NCC(=O)Nc1cccc(C)c1C. The van der Waals surface area contributed by atoms with Gasteiger partial charge in [-0.15, -0.1) is 0 Å². The number of ether oxygens (including phenoxy) is 2. The van der Waals surface area contributed by atoms with Crippen molar-refractivity contribution >= 4 is 35.1 Å². The van der Waals surface area contributed by atoms with Gasteiger partial charge in [-0.2, -0.15) is 0 Å². The second-order valence-electron chi connectivity index (χ2n) is 6.37. The summed E-state index contributed by atoms with van der Waals surface area (Å²) in [7, 11) is 1.48. The fraction of sp³-hybridized carbons (Fsp3) is 0.286. The largest absolute Gasteiger partial charge is 0.496 e.